The van der Waals surface area contributed by atoms with Gasteiger partial charge in [-0.05, 0) is 18.0 Å². The second-order valence-electron chi connectivity index (χ2n) is 5.18. The van der Waals surface area contributed by atoms with Crippen LogP contribution in [0.25, 0.3) is 0 Å². The molecule has 0 fully saturated rings. The second-order valence-corrected chi connectivity index (χ2v) is 5.18. The number of nitrogens with zero attached hydrogens (tertiary/aromatic N) is 2. The van der Waals surface area contributed by atoms with E-state index in [1.807, 2.05) is 16.9 Å². The molecule has 0 amide bonds. The van der Waals surface area contributed by atoms with Crippen molar-refractivity contribution >= 4 is 0 Å². The Labute approximate surface area is 115 Å². The summed E-state index contributed by atoms with van der Waals surface area (Å²) in [6.07, 6.45) is 5.30. The molecule has 19 heavy (non-hydrogen) atoms. The fourth-order valence-corrected chi connectivity index (χ4v) is 1.96. The lowest BCUT2D eigenvalue weighted by Crippen LogP contribution is -2.19. The minimum Gasteiger partial charge on any atom is -0.312 e. The highest BCUT2D eigenvalue weighted by atomic mass is 15.3. The van der Waals surface area contributed by atoms with Crippen LogP contribution in [0.3, 0.4) is 0 Å². The van der Waals surface area contributed by atoms with Gasteiger partial charge in [-0.15, -0.1) is 0 Å². The molecule has 2 rings (SSSR count). The molecule has 1 N–H and O–H groups in total. The number of hydrogen-bond acceptors (Lipinski definition) is 2. The zero-order chi connectivity index (χ0) is 13.5. The summed E-state index contributed by atoms with van der Waals surface area (Å²) in [7, 11) is 0. The van der Waals surface area contributed by atoms with Crippen molar-refractivity contribution in [2.45, 2.75) is 33.4 Å². The maximum Gasteiger partial charge on any atom is 0.0659 e. The Hall–Kier alpha value is -1.61. The standard InChI is InChI=1S/C16H23N3/c1-3-14(2)9-17-10-16-11-18-19(13-16)12-15-7-5-4-6-8-15/h4-8,11,13-14,17H,3,9-10,12H2,1-2H3. The van der Waals surface area contributed by atoms with Gasteiger partial charge >= 0.3 is 0 Å². The quantitative estimate of drug-likeness (QED) is 0.826. The first-order chi connectivity index (χ1) is 9.28. The van der Waals surface area contributed by atoms with E-state index >= 15 is 0 Å². The molecule has 0 radical (unpaired) electrons. The van der Waals surface area contributed by atoms with Crippen LogP contribution in [-0.2, 0) is 13.1 Å². The maximum absolute atomic E-state index is 4.41. The summed E-state index contributed by atoms with van der Waals surface area (Å²) in [5.41, 5.74) is 2.53. The van der Waals surface area contributed by atoms with Crippen LogP contribution in [0, 0.1) is 5.92 Å². The first kappa shape index (κ1) is 13.8. The molecule has 1 unspecified atom stereocenters. The van der Waals surface area contributed by atoms with Crippen molar-refractivity contribution < 1.29 is 0 Å². The van der Waals surface area contributed by atoms with Gasteiger partial charge in [0.05, 0.1) is 12.7 Å². The molecule has 3 heteroatoms. The van der Waals surface area contributed by atoms with Gasteiger partial charge in [-0.2, -0.15) is 5.10 Å². The first-order valence-corrected chi connectivity index (χ1v) is 7.04. The second kappa shape index (κ2) is 7.10. The molecule has 0 spiro atoms. The molecule has 0 bridgehead atoms. The molecule has 0 aliphatic carbocycles. The van der Waals surface area contributed by atoms with Gasteiger partial charge in [-0.1, -0.05) is 50.6 Å². The highest BCUT2D eigenvalue weighted by Gasteiger charge is 2.01. The summed E-state index contributed by atoms with van der Waals surface area (Å²) in [5.74, 6) is 0.736. The van der Waals surface area contributed by atoms with E-state index in [-0.39, 0.29) is 0 Å². The van der Waals surface area contributed by atoms with Crippen molar-refractivity contribution in [1.29, 1.82) is 0 Å². The topological polar surface area (TPSA) is 29.9 Å². The average molecular weight is 257 g/mol. The van der Waals surface area contributed by atoms with Crippen molar-refractivity contribution in [3.05, 3.63) is 53.9 Å². The van der Waals surface area contributed by atoms with Crippen LogP contribution in [-0.4, -0.2) is 16.3 Å². The molecule has 0 saturated carbocycles. The van der Waals surface area contributed by atoms with Crippen LogP contribution in [0.2, 0.25) is 0 Å². The molecule has 102 valence electrons. The smallest absolute Gasteiger partial charge is 0.0659 e. The third-order valence-electron chi connectivity index (χ3n) is 3.39. The largest absolute Gasteiger partial charge is 0.312 e. The van der Waals surface area contributed by atoms with E-state index < -0.39 is 0 Å². The lowest BCUT2D eigenvalue weighted by molar-refractivity contribution is 0.500. The molecule has 1 aromatic carbocycles. The van der Waals surface area contributed by atoms with Gasteiger partial charge in [0.15, 0.2) is 0 Å². The van der Waals surface area contributed by atoms with E-state index in [1.54, 1.807) is 0 Å². The predicted octanol–water partition coefficient (Wildman–Crippen LogP) is 3.07. The number of aromatic nitrogens is 2. The summed E-state index contributed by atoms with van der Waals surface area (Å²) in [6, 6.07) is 10.4. The fraction of sp³-hybridized carbons (Fsp3) is 0.438. The highest BCUT2D eigenvalue weighted by Crippen LogP contribution is 2.04. The Morgan fingerprint density at radius 1 is 1.21 bits per heavy atom. The summed E-state index contributed by atoms with van der Waals surface area (Å²) < 4.78 is 2.00. The molecule has 1 atom stereocenters. The number of benzene rings is 1. The monoisotopic (exact) mass is 257 g/mol. The van der Waals surface area contributed by atoms with Crippen LogP contribution in [0.1, 0.15) is 31.4 Å². The summed E-state index contributed by atoms with van der Waals surface area (Å²) >= 11 is 0. The Morgan fingerprint density at radius 2 is 2.00 bits per heavy atom. The van der Waals surface area contributed by atoms with Gasteiger partial charge in [0, 0.05) is 18.3 Å². The van der Waals surface area contributed by atoms with Crippen molar-refractivity contribution in [3.63, 3.8) is 0 Å². The Bertz CT molecular complexity index is 476. The lowest BCUT2D eigenvalue weighted by Gasteiger charge is -2.08. The van der Waals surface area contributed by atoms with Gasteiger partial charge in [-0.25, -0.2) is 0 Å². The molecule has 1 heterocycles. The van der Waals surface area contributed by atoms with Crippen molar-refractivity contribution in [2.75, 3.05) is 6.54 Å². The summed E-state index contributed by atoms with van der Waals surface area (Å²) in [6.45, 7) is 7.31. The van der Waals surface area contributed by atoms with E-state index in [0.717, 1.165) is 25.6 Å². The van der Waals surface area contributed by atoms with Crippen molar-refractivity contribution in [3.8, 4) is 0 Å². The summed E-state index contributed by atoms with van der Waals surface area (Å²) in [4.78, 5) is 0. The van der Waals surface area contributed by atoms with Gasteiger partial charge < -0.3 is 5.32 Å². The van der Waals surface area contributed by atoms with Crippen molar-refractivity contribution in [2.24, 2.45) is 5.92 Å². The molecule has 3 nitrogen and oxygen atoms in total. The molecular weight excluding hydrogens is 234 g/mol. The van der Waals surface area contributed by atoms with Crippen LogP contribution < -0.4 is 5.32 Å². The van der Waals surface area contributed by atoms with Gasteiger partial charge in [0.1, 0.15) is 0 Å². The van der Waals surface area contributed by atoms with E-state index in [4.69, 9.17) is 0 Å². The van der Waals surface area contributed by atoms with E-state index in [2.05, 4.69) is 54.7 Å². The zero-order valence-corrected chi connectivity index (χ0v) is 11.8. The third kappa shape index (κ3) is 4.52. The van der Waals surface area contributed by atoms with Crippen molar-refractivity contribution in [1.82, 2.24) is 15.1 Å². The van der Waals surface area contributed by atoms with Crippen LogP contribution in [0.5, 0.6) is 0 Å². The fourth-order valence-electron chi connectivity index (χ4n) is 1.96. The number of rotatable bonds is 7. The maximum atomic E-state index is 4.41. The average Bonchev–Trinajstić information content (AvgIpc) is 2.87. The van der Waals surface area contributed by atoms with E-state index in [0.29, 0.717) is 0 Å². The molecule has 2 aromatic rings. The zero-order valence-electron chi connectivity index (χ0n) is 11.8. The van der Waals surface area contributed by atoms with Gasteiger partial charge in [0.2, 0.25) is 0 Å². The number of nitrogens with one attached hydrogen (secondary N) is 1. The molecular formula is C16H23N3. The van der Waals surface area contributed by atoms with Crippen LogP contribution >= 0.6 is 0 Å². The van der Waals surface area contributed by atoms with Gasteiger partial charge in [-0.3, -0.25) is 4.68 Å². The number of hydrogen-bond donors (Lipinski definition) is 1. The normalized spacial score (nSPS) is 12.5. The molecule has 0 saturated heterocycles. The summed E-state index contributed by atoms with van der Waals surface area (Å²) in [5, 5.41) is 7.88. The Balaban J connectivity index is 1.82. The van der Waals surface area contributed by atoms with Crippen LogP contribution in [0.15, 0.2) is 42.7 Å². The Kier molecular flexibility index (Phi) is 5.16. The van der Waals surface area contributed by atoms with E-state index in [1.165, 1.54) is 17.5 Å². The minimum absolute atomic E-state index is 0.736. The Morgan fingerprint density at radius 3 is 2.74 bits per heavy atom. The molecule has 1 aromatic heterocycles. The minimum atomic E-state index is 0.736. The molecule has 0 aliphatic heterocycles. The predicted molar refractivity (Wildman–Crippen MR) is 78.9 cm³/mol. The lowest BCUT2D eigenvalue weighted by atomic mass is 10.1. The van der Waals surface area contributed by atoms with E-state index in [9.17, 15) is 0 Å². The highest BCUT2D eigenvalue weighted by molar-refractivity contribution is 5.15. The SMILES string of the molecule is CCC(C)CNCc1cnn(Cc2ccccc2)c1. The third-order valence-corrected chi connectivity index (χ3v) is 3.39. The van der Waals surface area contributed by atoms with Gasteiger partial charge in [0.25, 0.3) is 0 Å². The first-order valence-electron chi connectivity index (χ1n) is 7.04. The molecule has 0 aliphatic rings. The van der Waals surface area contributed by atoms with Crippen LogP contribution in [0.4, 0.5) is 0 Å².